The van der Waals surface area contributed by atoms with Crippen LogP contribution < -0.4 is 5.73 Å². The van der Waals surface area contributed by atoms with E-state index in [0.717, 1.165) is 5.56 Å². The normalized spacial score (nSPS) is 10.6. The first-order valence-electron chi connectivity index (χ1n) is 3.93. The van der Waals surface area contributed by atoms with Gasteiger partial charge in [-0.3, -0.25) is 0 Å². The van der Waals surface area contributed by atoms with Crippen molar-refractivity contribution in [3.63, 3.8) is 0 Å². The SMILES string of the molecule is CCOC=Cc1cnc(Cl)cc1N. The van der Waals surface area contributed by atoms with Crippen LogP contribution in [0.3, 0.4) is 0 Å². The van der Waals surface area contributed by atoms with E-state index in [0.29, 0.717) is 17.4 Å². The average molecular weight is 199 g/mol. The Labute approximate surface area is 82.2 Å². The molecule has 13 heavy (non-hydrogen) atoms. The average Bonchev–Trinajstić information content (AvgIpc) is 2.09. The second kappa shape index (κ2) is 4.72. The van der Waals surface area contributed by atoms with Gasteiger partial charge in [0.05, 0.1) is 12.9 Å². The third-order valence-corrected chi connectivity index (χ3v) is 1.65. The molecule has 1 aromatic heterocycles. The van der Waals surface area contributed by atoms with Gasteiger partial charge in [0.1, 0.15) is 5.15 Å². The molecule has 2 N–H and O–H groups in total. The van der Waals surface area contributed by atoms with E-state index in [9.17, 15) is 0 Å². The van der Waals surface area contributed by atoms with Crippen molar-refractivity contribution in [2.45, 2.75) is 6.92 Å². The van der Waals surface area contributed by atoms with Crippen molar-refractivity contribution < 1.29 is 4.74 Å². The second-order valence-corrected chi connectivity index (χ2v) is 2.78. The fourth-order valence-electron chi connectivity index (χ4n) is 0.812. The van der Waals surface area contributed by atoms with Crippen LogP contribution in [-0.4, -0.2) is 11.6 Å². The Hall–Kier alpha value is -1.22. The topological polar surface area (TPSA) is 48.1 Å². The highest BCUT2D eigenvalue weighted by Crippen LogP contribution is 2.16. The standard InChI is InChI=1S/C9H11ClN2O/c1-2-13-4-3-7-6-12-9(10)5-8(7)11/h3-6H,2H2,1H3,(H2,11,12). The van der Waals surface area contributed by atoms with Gasteiger partial charge in [-0.05, 0) is 19.1 Å². The molecule has 4 heteroatoms. The van der Waals surface area contributed by atoms with Crippen molar-refractivity contribution in [1.29, 1.82) is 0 Å². The van der Waals surface area contributed by atoms with Crippen molar-refractivity contribution in [2.75, 3.05) is 12.3 Å². The van der Waals surface area contributed by atoms with Crippen LogP contribution in [0.2, 0.25) is 5.15 Å². The Morgan fingerprint density at radius 1 is 1.69 bits per heavy atom. The van der Waals surface area contributed by atoms with Gasteiger partial charge in [0, 0.05) is 17.4 Å². The number of nitrogen functional groups attached to an aromatic ring is 1. The number of halogens is 1. The molecular formula is C9H11ClN2O. The van der Waals surface area contributed by atoms with Crippen molar-refractivity contribution in [2.24, 2.45) is 0 Å². The minimum absolute atomic E-state index is 0.394. The van der Waals surface area contributed by atoms with Crippen molar-refractivity contribution in [1.82, 2.24) is 4.98 Å². The second-order valence-electron chi connectivity index (χ2n) is 2.39. The van der Waals surface area contributed by atoms with Crippen LogP contribution in [0.4, 0.5) is 5.69 Å². The number of nitrogens with two attached hydrogens (primary N) is 1. The lowest BCUT2D eigenvalue weighted by molar-refractivity contribution is 0.272. The predicted molar refractivity (Wildman–Crippen MR) is 54.3 cm³/mol. The van der Waals surface area contributed by atoms with E-state index in [2.05, 4.69) is 4.98 Å². The molecule has 0 unspecified atom stereocenters. The number of ether oxygens (including phenoxy) is 1. The molecule has 70 valence electrons. The van der Waals surface area contributed by atoms with Crippen LogP contribution in [0.15, 0.2) is 18.5 Å². The molecule has 1 heterocycles. The predicted octanol–water partition coefficient (Wildman–Crippen LogP) is 2.32. The lowest BCUT2D eigenvalue weighted by Crippen LogP contribution is -1.90. The van der Waals surface area contributed by atoms with Gasteiger partial charge in [0.25, 0.3) is 0 Å². The zero-order valence-electron chi connectivity index (χ0n) is 7.33. The third kappa shape index (κ3) is 2.95. The minimum atomic E-state index is 0.394. The van der Waals surface area contributed by atoms with E-state index in [1.54, 1.807) is 24.6 Å². The van der Waals surface area contributed by atoms with Gasteiger partial charge in [0.15, 0.2) is 0 Å². The van der Waals surface area contributed by atoms with Crippen LogP contribution in [-0.2, 0) is 4.74 Å². The van der Waals surface area contributed by atoms with Crippen molar-refractivity contribution in [3.8, 4) is 0 Å². The van der Waals surface area contributed by atoms with Gasteiger partial charge >= 0.3 is 0 Å². The molecule has 0 radical (unpaired) electrons. The van der Waals surface area contributed by atoms with Crippen LogP contribution in [0.25, 0.3) is 6.08 Å². The van der Waals surface area contributed by atoms with E-state index in [4.69, 9.17) is 22.1 Å². The molecule has 0 bridgehead atoms. The molecule has 0 spiro atoms. The number of anilines is 1. The maximum Gasteiger partial charge on any atom is 0.131 e. The molecule has 3 nitrogen and oxygen atoms in total. The first kappa shape index (κ1) is 9.86. The van der Waals surface area contributed by atoms with E-state index < -0.39 is 0 Å². The summed E-state index contributed by atoms with van der Waals surface area (Å²) in [5.74, 6) is 0. The van der Waals surface area contributed by atoms with Crippen LogP contribution in [0, 0.1) is 0 Å². The van der Waals surface area contributed by atoms with Crippen LogP contribution >= 0.6 is 11.6 Å². The number of pyridine rings is 1. The number of hydrogen-bond acceptors (Lipinski definition) is 3. The van der Waals surface area contributed by atoms with E-state index in [1.807, 2.05) is 6.92 Å². The molecule has 0 atom stereocenters. The molecule has 0 aromatic carbocycles. The summed E-state index contributed by atoms with van der Waals surface area (Å²) in [6.07, 6.45) is 4.94. The largest absolute Gasteiger partial charge is 0.501 e. The number of aromatic nitrogens is 1. The summed E-state index contributed by atoms with van der Waals surface area (Å²) in [4.78, 5) is 3.90. The fraction of sp³-hybridized carbons (Fsp3) is 0.222. The summed E-state index contributed by atoms with van der Waals surface area (Å²) in [7, 11) is 0. The molecule has 1 aromatic rings. The highest BCUT2D eigenvalue weighted by molar-refractivity contribution is 6.29. The molecular weight excluding hydrogens is 188 g/mol. The molecule has 0 saturated heterocycles. The first-order chi connectivity index (χ1) is 6.24. The Bertz CT molecular complexity index is 312. The lowest BCUT2D eigenvalue weighted by Gasteiger charge is -1.99. The fourth-order valence-corrected chi connectivity index (χ4v) is 0.978. The van der Waals surface area contributed by atoms with Gasteiger partial charge in [-0.2, -0.15) is 0 Å². The summed E-state index contributed by atoms with van der Waals surface area (Å²) in [6.45, 7) is 2.55. The first-order valence-corrected chi connectivity index (χ1v) is 4.31. The highest BCUT2D eigenvalue weighted by Gasteiger charge is 1.96. The number of nitrogens with zero attached hydrogens (tertiary/aromatic N) is 1. The van der Waals surface area contributed by atoms with E-state index >= 15 is 0 Å². The molecule has 0 saturated carbocycles. The van der Waals surface area contributed by atoms with Gasteiger partial charge in [0.2, 0.25) is 0 Å². The zero-order chi connectivity index (χ0) is 9.68. The van der Waals surface area contributed by atoms with E-state index in [-0.39, 0.29) is 0 Å². The van der Waals surface area contributed by atoms with Gasteiger partial charge < -0.3 is 10.5 Å². The van der Waals surface area contributed by atoms with Gasteiger partial charge in [-0.15, -0.1) is 0 Å². The lowest BCUT2D eigenvalue weighted by atomic mass is 10.2. The Kier molecular flexibility index (Phi) is 3.58. The molecule has 0 fully saturated rings. The molecule has 0 aliphatic carbocycles. The molecule has 0 aliphatic heterocycles. The van der Waals surface area contributed by atoms with Gasteiger partial charge in [-0.1, -0.05) is 11.6 Å². The number of hydrogen-bond donors (Lipinski definition) is 1. The van der Waals surface area contributed by atoms with Crippen LogP contribution in [0.1, 0.15) is 12.5 Å². The zero-order valence-corrected chi connectivity index (χ0v) is 8.08. The maximum absolute atomic E-state index is 5.67. The Morgan fingerprint density at radius 3 is 3.08 bits per heavy atom. The Balaban J connectivity index is 2.77. The molecule has 1 rings (SSSR count). The third-order valence-electron chi connectivity index (χ3n) is 1.45. The van der Waals surface area contributed by atoms with Crippen molar-refractivity contribution in [3.05, 3.63) is 29.2 Å². The quantitative estimate of drug-likeness (QED) is 0.599. The smallest absolute Gasteiger partial charge is 0.131 e. The number of rotatable bonds is 3. The summed E-state index contributed by atoms with van der Waals surface area (Å²) in [6, 6.07) is 1.60. The van der Waals surface area contributed by atoms with Gasteiger partial charge in [-0.25, -0.2) is 4.98 Å². The monoisotopic (exact) mass is 198 g/mol. The molecule has 0 aliphatic rings. The van der Waals surface area contributed by atoms with E-state index in [1.165, 1.54) is 0 Å². The summed E-state index contributed by atoms with van der Waals surface area (Å²) >= 11 is 5.63. The maximum atomic E-state index is 5.67. The summed E-state index contributed by atoms with van der Waals surface area (Å²) < 4.78 is 5.03. The minimum Gasteiger partial charge on any atom is -0.501 e. The summed E-state index contributed by atoms with van der Waals surface area (Å²) in [5, 5.41) is 0.394. The van der Waals surface area contributed by atoms with Crippen molar-refractivity contribution >= 4 is 23.4 Å². The highest BCUT2D eigenvalue weighted by atomic mass is 35.5. The molecule has 0 amide bonds. The Morgan fingerprint density at radius 2 is 2.46 bits per heavy atom. The summed E-state index contributed by atoms with van der Waals surface area (Å²) in [5.41, 5.74) is 7.07. The van der Waals surface area contributed by atoms with Crippen LogP contribution in [0.5, 0.6) is 0 Å².